The molecule has 3 heterocycles. The van der Waals surface area contributed by atoms with Crippen LogP contribution in [0.1, 0.15) is 33.2 Å². The Labute approximate surface area is 170 Å². The van der Waals surface area contributed by atoms with Crippen molar-refractivity contribution in [1.29, 1.82) is 0 Å². The molecular formula is C24H23N3O2. The van der Waals surface area contributed by atoms with Gasteiger partial charge in [0.05, 0.1) is 22.5 Å². The van der Waals surface area contributed by atoms with Gasteiger partial charge >= 0.3 is 0 Å². The van der Waals surface area contributed by atoms with Crippen molar-refractivity contribution in [1.82, 2.24) is 14.8 Å². The third-order valence-electron chi connectivity index (χ3n) is 6.50. The Balaban J connectivity index is 1.47. The van der Waals surface area contributed by atoms with Gasteiger partial charge in [-0.2, -0.15) is 0 Å². The molecule has 0 spiro atoms. The first kappa shape index (κ1) is 18.0. The maximum atomic E-state index is 13.5. The zero-order chi connectivity index (χ0) is 20.2. The predicted octanol–water partition coefficient (Wildman–Crippen LogP) is 3.39. The molecule has 1 saturated heterocycles. The molecule has 2 aromatic carbocycles. The second-order valence-electron chi connectivity index (χ2n) is 8.42. The molecule has 0 radical (unpaired) electrons. The summed E-state index contributed by atoms with van der Waals surface area (Å²) >= 11 is 0. The van der Waals surface area contributed by atoms with E-state index in [0.29, 0.717) is 24.2 Å². The maximum Gasteiger partial charge on any atom is 0.254 e. The van der Waals surface area contributed by atoms with Crippen LogP contribution in [0.5, 0.6) is 0 Å². The summed E-state index contributed by atoms with van der Waals surface area (Å²) in [5.41, 5.74) is 2.62. The van der Waals surface area contributed by atoms with E-state index in [1.54, 1.807) is 23.2 Å². The lowest BCUT2D eigenvalue weighted by Gasteiger charge is -2.32. The maximum absolute atomic E-state index is 13.5. The number of carbonyl (C=O) groups excluding carboxylic acids is 2. The van der Waals surface area contributed by atoms with E-state index in [-0.39, 0.29) is 17.7 Å². The predicted molar refractivity (Wildman–Crippen MR) is 112 cm³/mol. The first-order chi connectivity index (χ1) is 14.0. The van der Waals surface area contributed by atoms with Gasteiger partial charge in [-0.3, -0.25) is 19.5 Å². The van der Waals surface area contributed by atoms with Crippen LogP contribution in [0.4, 0.5) is 0 Å². The molecule has 29 heavy (non-hydrogen) atoms. The highest BCUT2D eigenvalue weighted by Crippen LogP contribution is 2.41. The Bertz CT molecular complexity index is 1140. The summed E-state index contributed by atoms with van der Waals surface area (Å²) in [5.74, 6) is 0.00214. The number of likely N-dealkylation sites (N-methyl/N-ethyl adjacent to an activating group) is 1. The van der Waals surface area contributed by atoms with Gasteiger partial charge in [-0.05, 0) is 36.8 Å². The van der Waals surface area contributed by atoms with Crippen molar-refractivity contribution < 1.29 is 9.59 Å². The summed E-state index contributed by atoms with van der Waals surface area (Å²) in [5, 5.41) is 1.11. The molecule has 0 unspecified atom stereocenters. The Morgan fingerprint density at radius 3 is 2.69 bits per heavy atom. The first-order valence-corrected chi connectivity index (χ1v) is 9.94. The van der Waals surface area contributed by atoms with Crippen LogP contribution < -0.4 is 0 Å². The number of nitrogens with zero attached hydrogens (tertiary/aromatic N) is 3. The second-order valence-corrected chi connectivity index (χ2v) is 8.42. The second kappa shape index (κ2) is 6.49. The quantitative estimate of drug-likeness (QED) is 0.679. The molecule has 3 aromatic rings. The SMILES string of the molecule is CN1C(=O)c2ccccc2C(=O)[C@@]2(C)CN(Cc3ccc4ncccc4c3)C[C@@H]12. The number of aromatic nitrogens is 1. The lowest BCUT2D eigenvalue weighted by atomic mass is 9.78. The fourth-order valence-corrected chi connectivity index (χ4v) is 4.96. The number of hydrogen-bond donors (Lipinski definition) is 0. The first-order valence-electron chi connectivity index (χ1n) is 9.94. The minimum absolute atomic E-state index is 0.0682. The van der Waals surface area contributed by atoms with Crippen LogP contribution in [0.3, 0.4) is 0 Å². The number of pyridine rings is 1. The van der Waals surface area contributed by atoms with Crippen LogP contribution in [0.15, 0.2) is 60.8 Å². The molecule has 2 aliphatic rings. The molecule has 1 aromatic heterocycles. The van der Waals surface area contributed by atoms with Gasteiger partial charge in [0.1, 0.15) is 0 Å². The lowest BCUT2D eigenvalue weighted by Crippen LogP contribution is -2.47. The number of hydrogen-bond acceptors (Lipinski definition) is 4. The van der Waals surface area contributed by atoms with Crippen molar-refractivity contribution in [3.63, 3.8) is 0 Å². The molecular weight excluding hydrogens is 362 g/mol. The summed E-state index contributed by atoms with van der Waals surface area (Å²) in [7, 11) is 1.83. The monoisotopic (exact) mass is 385 g/mol. The Morgan fingerprint density at radius 1 is 1.07 bits per heavy atom. The molecule has 1 fully saturated rings. The Hall–Kier alpha value is -3.05. The van der Waals surface area contributed by atoms with Gasteiger partial charge in [-0.15, -0.1) is 0 Å². The highest BCUT2D eigenvalue weighted by atomic mass is 16.2. The van der Waals surface area contributed by atoms with E-state index in [2.05, 4.69) is 28.1 Å². The molecule has 2 aliphatic heterocycles. The number of fused-ring (bicyclic) bond motifs is 3. The minimum Gasteiger partial charge on any atom is -0.336 e. The van der Waals surface area contributed by atoms with Gasteiger partial charge in [0.25, 0.3) is 5.91 Å². The van der Waals surface area contributed by atoms with E-state index in [9.17, 15) is 9.59 Å². The molecule has 0 aliphatic carbocycles. The highest BCUT2D eigenvalue weighted by molar-refractivity contribution is 6.12. The molecule has 0 saturated carbocycles. The summed E-state index contributed by atoms with van der Waals surface area (Å²) in [6.07, 6.45) is 1.80. The van der Waals surface area contributed by atoms with Crippen molar-refractivity contribution in [2.75, 3.05) is 20.1 Å². The Kier molecular flexibility index (Phi) is 4.03. The van der Waals surface area contributed by atoms with E-state index in [0.717, 1.165) is 17.4 Å². The molecule has 5 rings (SSSR count). The molecule has 0 N–H and O–H groups in total. The van der Waals surface area contributed by atoms with Gasteiger partial charge in [-0.1, -0.05) is 30.3 Å². The molecule has 5 heteroatoms. The third-order valence-corrected chi connectivity index (χ3v) is 6.50. The summed E-state index contributed by atoms with van der Waals surface area (Å²) < 4.78 is 0. The number of ketones is 1. The Morgan fingerprint density at radius 2 is 1.86 bits per heavy atom. The van der Waals surface area contributed by atoms with Crippen molar-refractivity contribution in [3.8, 4) is 0 Å². The van der Waals surface area contributed by atoms with Crippen LogP contribution in [0, 0.1) is 5.41 Å². The number of benzene rings is 2. The van der Waals surface area contributed by atoms with Gasteiger partial charge in [0, 0.05) is 43.8 Å². The lowest BCUT2D eigenvalue weighted by molar-refractivity contribution is 0.0606. The van der Waals surface area contributed by atoms with Crippen molar-refractivity contribution >= 4 is 22.6 Å². The fourth-order valence-electron chi connectivity index (χ4n) is 4.96. The smallest absolute Gasteiger partial charge is 0.254 e. The highest BCUT2D eigenvalue weighted by Gasteiger charge is 2.53. The fraction of sp³-hybridized carbons (Fsp3) is 0.292. The summed E-state index contributed by atoms with van der Waals surface area (Å²) in [4.78, 5) is 35.0. The van der Waals surface area contributed by atoms with Crippen molar-refractivity contribution in [2.24, 2.45) is 5.41 Å². The van der Waals surface area contributed by atoms with Crippen LogP contribution in [0.25, 0.3) is 10.9 Å². The number of carbonyl (C=O) groups is 2. The van der Waals surface area contributed by atoms with Crippen LogP contribution in [-0.4, -0.2) is 52.7 Å². The van der Waals surface area contributed by atoms with Crippen molar-refractivity contribution in [2.45, 2.75) is 19.5 Å². The summed E-state index contributed by atoms with van der Waals surface area (Å²) in [6, 6.07) is 17.4. The average Bonchev–Trinajstić information content (AvgIpc) is 3.06. The molecule has 1 amide bonds. The largest absolute Gasteiger partial charge is 0.336 e. The van der Waals surface area contributed by atoms with Crippen molar-refractivity contribution in [3.05, 3.63) is 77.5 Å². The number of likely N-dealkylation sites (tertiary alicyclic amines) is 1. The number of rotatable bonds is 2. The molecule has 2 atom stereocenters. The zero-order valence-electron chi connectivity index (χ0n) is 16.6. The molecule has 0 bridgehead atoms. The molecule has 5 nitrogen and oxygen atoms in total. The van der Waals surface area contributed by atoms with Crippen LogP contribution in [-0.2, 0) is 6.54 Å². The van der Waals surface area contributed by atoms with Gasteiger partial charge in [0.15, 0.2) is 5.78 Å². The van der Waals surface area contributed by atoms with E-state index in [1.165, 1.54) is 5.56 Å². The van der Waals surface area contributed by atoms with Crippen LogP contribution >= 0.6 is 0 Å². The van der Waals surface area contributed by atoms with E-state index in [1.807, 2.05) is 38.2 Å². The third kappa shape index (κ3) is 2.76. The average molecular weight is 385 g/mol. The minimum atomic E-state index is -0.616. The zero-order valence-corrected chi connectivity index (χ0v) is 16.6. The van der Waals surface area contributed by atoms with Gasteiger partial charge < -0.3 is 4.90 Å². The topological polar surface area (TPSA) is 53.5 Å². The normalized spacial score (nSPS) is 24.5. The van der Waals surface area contributed by atoms with E-state index in [4.69, 9.17) is 0 Å². The van der Waals surface area contributed by atoms with Crippen LogP contribution in [0.2, 0.25) is 0 Å². The van der Waals surface area contributed by atoms with Gasteiger partial charge in [-0.25, -0.2) is 0 Å². The van der Waals surface area contributed by atoms with E-state index >= 15 is 0 Å². The van der Waals surface area contributed by atoms with E-state index < -0.39 is 5.41 Å². The molecule has 146 valence electrons. The summed E-state index contributed by atoms with van der Waals surface area (Å²) in [6.45, 7) is 4.07. The van der Waals surface area contributed by atoms with Gasteiger partial charge in [0.2, 0.25) is 0 Å². The standard InChI is InChI=1S/C24H23N3O2/c1-24-15-27(13-16-9-10-20-17(12-16)6-5-11-25-20)14-21(24)26(2)23(29)19-8-4-3-7-18(19)22(24)28/h3-12,21H,13-15H2,1-2H3/t21-,24+/m1/s1. The number of Topliss-reactive ketones (excluding diaryl/α,β-unsaturated/α-hetero) is 1. The number of amides is 1.